The van der Waals surface area contributed by atoms with E-state index in [-0.39, 0.29) is 17.8 Å². The summed E-state index contributed by atoms with van der Waals surface area (Å²) in [5.74, 6) is 0.0494. The Balaban J connectivity index is 1.11. The number of hydrogen-bond acceptors (Lipinski definition) is 10. The molecule has 2 saturated heterocycles. The summed E-state index contributed by atoms with van der Waals surface area (Å²) in [4.78, 5) is 34.2. The number of imidazole rings is 2. The topological polar surface area (TPSA) is 179 Å². The molecule has 14 heteroatoms. The second kappa shape index (κ2) is 10.4. The van der Waals surface area contributed by atoms with E-state index in [1.807, 2.05) is 19.9 Å². The molecule has 14 nitrogen and oxygen atoms in total. The predicted molar refractivity (Wildman–Crippen MR) is 155 cm³/mol. The van der Waals surface area contributed by atoms with Gasteiger partial charge < -0.3 is 40.3 Å². The number of anilines is 2. The van der Waals surface area contributed by atoms with E-state index in [9.17, 15) is 9.90 Å². The number of aromatic amines is 1. The van der Waals surface area contributed by atoms with Crippen LogP contribution in [0, 0.1) is 0 Å². The Kier molecular flexibility index (Phi) is 6.94. The highest BCUT2D eigenvalue weighted by atomic mass is 16.8. The number of H-pyrrole nitrogens is 1. The van der Waals surface area contributed by atoms with E-state index in [4.69, 9.17) is 19.9 Å². The van der Waals surface area contributed by atoms with E-state index in [0.717, 1.165) is 11.0 Å². The molecule has 5 N–H and O–H groups in total. The molecule has 0 bridgehead atoms. The summed E-state index contributed by atoms with van der Waals surface area (Å²) >= 11 is 0. The van der Waals surface area contributed by atoms with E-state index in [0.29, 0.717) is 36.6 Å². The highest BCUT2D eigenvalue weighted by Gasteiger charge is 2.56. The standard InChI is InChI=1S/C28H37N9O5/c1-27(2,3)15-7-8-16-17(11-15)35-25(34-16)30-9-6-10-36(26(38)39)12-18-20-21(42-28(4,5)41-20)24(40-18)37-14-33-19-22(29)31-13-32-23(19)37/h7-8,11,13-14,18,20-21,24H,6,9-10,12H2,1-5H3,(H,38,39)(H2,29,31,32)(H2,30,34,35)/t18-,20-,21-,24-/m1/s1. The number of amides is 1. The van der Waals surface area contributed by atoms with Gasteiger partial charge in [0.2, 0.25) is 5.95 Å². The number of carboxylic acid groups (broad SMARTS) is 1. The Bertz CT molecular complexity index is 1610. The zero-order valence-electron chi connectivity index (χ0n) is 24.4. The van der Waals surface area contributed by atoms with Crippen LogP contribution in [0.2, 0.25) is 0 Å². The summed E-state index contributed by atoms with van der Waals surface area (Å²) in [6, 6.07) is 6.22. The van der Waals surface area contributed by atoms with Crippen molar-refractivity contribution in [3.63, 3.8) is 0 Å². The smallest absolute Gasteiger partial charge is 0.407 e. The molecule has 3 aromatic heterocycles. The molecule has 0 spiro atoms. The first-order chi connectivity index (χ1) is 19.9. The molecule has 2 aliphatic heterocycles. The van der Waals surface area contributed by atoms with E-state index in [1.165, 1.54) is 16.8 Å². The van der Waals surface area contributed by atoms with Gasteiger partial charge in [-0.05, 0) is 43.4 Å². The number of nitrogens with two attached hydrogens (primary N) is 1. The molecule has 4 aromatic rings. The number of fused-ring (bicyclic) bond motifs is 3. The first-order valence-electron chi connectivity index (χ1n) is 14.1. The van der Waals surface area contributed by atoms with Crippen molar-refractivity contribution in [2.75, 3.05) is 30.7 Å². The first kappa shape index (κ1) is 28.1. The molecule has 1 aromatic carbocycles. The van der Waals surface area contributed by atoms with Gasteiger partial charge in [0.1, 0.15) is 30.2 Å². The highest BCUT2D eigenvalue weighted by molar-refractivity contribution is 5.81. The van der Waals surface area contributed by atoms with Crippen LogP contribution in [0.1, 0.15) is 52.8 Å². The van der Waals surface area contributed by atoms with Crippen LogP contribution < -0.4 is 11.1 Å². The predicted octanol–water partition coefficient (Wildman–Crippen LogP) is 3.48. The second-order valence-corrected chi connectivity index (χ2v) is 12.3. The van der Waals surface area contributed by atoms with Gasteiger partial charge in [-0.25, -0.2) is 24.7 Å². The summed E-state index contributed by atoms with van der Waals surface area (Å²) in [5.41, 5.74) is 10.0. The maximum atomic E-state index is 12.2. The lowest BCUT2D eigenvalue weighted by atomic mass is 9.87. The molecular weight excluding hydrogens is 542 g/mol. The fourth-order valence-electron chi connectivity index (χ4n) is 5.61. The van der Waals surface area contributed by atoms with Crippen LogP contribution in [-0.4, -0.2) is 89.3 Å². The SMILES string of the molecule is CC1(C)O[C@@H]2[C@H](O1)[C@@H](CN(CCCNc1nc3ccc(C(C)(C)C)cc3[nH]1)C(=O)O)O[C@H]2n1cnc2c(N)ncnc21. The van der Waals surface area contributed by atoms with Crippen molar-refractivity contribution in [1.82, 2.24) is 34.4 Å². The third-order valence-electron chi connectivity index (χ3n) is 7.70. The molecule has 2 aliphatic rings. The molecule has 224 valence electrons. The fourth-order valence-corrected chi connectivity index (χ4v) is 5.61. The maximum Gasteiger partial charge on any atom is 0.407 e. The van der Waals surface area contributed by atoms with Crippen molar-refractivity contribution in [2.45, 2.75) is 76.8 Å². The molecule has 6 rings (SSSR count). The molecule has 5 heterocycles. The van der Waals surface area contributed by atoms with Crippen molar-refractivity contribution in [3.05, 3.63) is 36.4 Å². The van der Waals surface area contributed by atoms with Gasteiger partial charge in [-0.2, -0.15) is 0 Å². The van der Waals surface area contributed by atoms with E-state index >= 15 is 0 Å². The van der Waals surface area contributed by atoms with E-state index in [2.05, 4.69) is 63.1 Å². The molecular formula is C28H37N9O5. The minimum Gasteiger partial charge on any atom is -0.465 e. The third-order valence-corrected chi connectivity index (χ3v) is 7.70. The van der Waals surface area contributed by atoms with Crippen LogP contribution >= 0.6 is 0 Å². The van der Waals surface area contributed by atoms with Crippen LogP contribution in [-0.2, 0) is 19.6 Å². The van der Waals surface area contributed by atoms with Gasteiger partial charge in [-0.1, -0.05) is 26.8 Å². The Morgan fingerprint density at radius 1 is 1.21 bits per heavy atom. The summed E-state index contributed by atoms with van der Waals surface area (Å²) in [6.45, 7) is 11.1. The van der Waals surface area contributed by atoms with Crippen molar-refractivity contribution < 1.29 is 24.1 Å². The Morgan fingerprint density at radius 3 is 2.76 bits per heavy atom. The molecule has 4 atom stereocenters. The Hall–Kier alpha value is -4.01. The molecule has 0 radical (unpaired) electrons. The normalized spacial score (nSPS) is 23.5. The number of nitrogens with zero attached hydrogens (tertiary/aromatic N) is 6. The maximum absolute atomic E-state index is 12.2. The average molecular weight is 580 g/mol. The molecule has 0 aliphatic carbocycles. The Morgan fingerprint density at radius 2 is 2.00 bits per heavy atom. The molecule has 42 heavy (non-hydrogen) atoms. The highest BCUT2D eigenvalue weighted by Crippen LogP contribution is 2.44. The van der Waals surface area contributed by atoms with Gasteiger partial charge in [0.15, 0.2) is 23.5 Å². The van der Waals surface area contributed by atoms with Gasteiger partial charge in [0.05, 0.1) is 23.9 Å². The lowest BCUT2D eigenvalue weighted by Crippen LogP contribution is -2.43. The van der Waals surface area contributed by atoms with Gasteiger partial charge in [0.25, 0.3) is 0 Å². The number of ether oxygens (including phenoxy) is 3. The quantitative estimate of drug-likeness (QED) is 0.225. The number of carbonyl (C=O) groups is 1. The summed E-state index contributed by atoms with van der Waals surface area (Å²) in [6.07, 6.45) is 0.273. The Labute approximate surface area is 242 Å². The minimum atomic E-state index is -1.04. The van der Waals surface area contributed by atoms with Crippen LogP contribution in [0.15, 0.2) is 30.9 Å². The van der Waals surface area contributed by atoms with Gasteiger partial charge in [-0.3, -0.25) is 4.57 Å². The molecule has 1 amide bonds. The van der Waals surface area contributed by atoms with Gasteiger partial charge in [0, 0.05) is 13.1 Å². The van der Waals surface area contributed by atoms with E-state index < -0.39 is 36.4 Å². The molecule has 0 unspecified atom stereocenters. The van der Waals surface area contributed by atoms with Crippen LogP contribution in [0.4, 0.5) is 16.6 Å². The fraction of sp³-hybridized carbons (Fsp3) is 0.536. The summed E-state index contributed by atoms with van der Waals surface area (Å²) < 4.78 is 20.5. The van der Waals surface area contributed by atoms with E-state index in [1.54, 1.807) is 10.9 Å². The largest absolute Gasteiger partial charge is 0.465 e. The van der Waals surface area contributed by atoms with Crippen LogP contribution in [0.3, 0.4) is 0 Å². The average Bonchev–Trinajstić information content (AvgIpc) is 3.66. The lowest BCUT2D eigenvalue weighted by molar-refractivity contribution is -0.197. The van der Waals surface area contributed by atoms with Gasteiger partial charge in [-0.15, -0.1) is 0 Å². The summed E-state index contributed by atoms with van der Waals surface area (Å²) in [5, 5.41) is 13.3. The van der Waals surface area contributed by atoms with Crippen molar-refractivity contribution >= 4 is 40.1 Å². The number of hydrogen-bond donors (Lipinski definition) is 4. The van der Waals surface area contributed by atoms with Crippen LogP contribution in [0.5, 0.6) is 0 Å². The van der Waals surface area contributed by atoms with Crippen molar-refractivity contribution in [1.29, 1.82) is 0 Å². The second-order valence-electron chi connectivity index (χ2n) is 12.3. The number of benzene rings is 1. The zero-order chi connectivity index (χ0) is 29.8. The lowest BCUT2D eigenvalue weighted by Gasteiger charge is -2.27. The third kappa shape index (κ3) is 5.32. The first-order valence-corrected chi connectivity index (χ1v) is 14.1. The van der Waals surface area contributed by atoms with Crippen LogP contribution in [0.25, 0.3) is 22.2 Å². The summed E-state index contributed by atoms with van der Waals surface area (Å²) in [7, 11) is 0. The zero-order valence-corrected chi connectivity index (χ0v) is 24.4. The number of nitrogens with one attached hydrogen (secondary N) is 2. The van der Waals surface area contributed by atoms with Crippen molar-refractivity contribution in [2.24, 2.45) is 0 Å². The van der Waals surface area contributed by atoms with Gasteiger partial charge >= 0.3 is 6.09 Å². The molecule has 2 fully saturated rings. The number of rotatable bonds is 8. The minimum absolute atomic E-state index is 0.0383. The number of aromatic nitrogens is 6. The number of nitrogen functional groups attached to an aromatic ring is 1. The monoisotopic (exact) mass is 579 g/mol. The molecule has 0 saturated carbocycles. The van der Waals surface area contributed by atoms with Crippen molar-refractivity contribution in [3.8, 4) is 0 Å².